The Morgan fingerprint density at radius 2 is 2.18 bits per heavy atom. The molecule has 0 saturated carbocycles. The van der Waals surface area contributed by atoms with Gasteiger partial charge in [-0.1, -0.05) is 30.1 Å². The molecule has 2 N–H and O–H groups in total. The third-order valence-electron chi connectivity index (χ3n) is 3.17. The van der Waals surface area contributed by atoms with Gasteiger partial charge >= 0.3 is 0 Å². The lowest BCUT2D eigenvalue weighted by molar-refractivity contribution is 0.104. The third kappa shape index (κ3) is 3.73. The van der Waals surface area contributed by atoms with Gasteiger partial charge in [-0.2, -0.15) is 0 Å². The van der Waals surface area contributed by atoms with E-state index in [1.807, 2.05) is 19.9 Å². The molecule has 17 heavy (non-hydrogen) atoms. The van der Waals surface area contributed by atoms with Gasteiger partial charge < -0.3 is 10.2 Å². The molecular formula is C15H22O2. The van der Waals surface area contributed by atoms with Crippen LogP contribution in [0.25, 0.3) is 0 Å². The van der Waals surface area contributed by atoms with E-state index in [9.17, 15) is 10.2 Å². The molecule has 0 radical (unpaired) electrons. The van der Waals surface area contributed by atoms with Crippen LogP contribution in [0, 0.1) is 17.8 Å². The molecule has 94 valence electrons. The summed E-state index contributed by atoms with van der Waals surface area (Å²) in [6.07, 6.45) is 3.49. The van der Waals surface area contributed by atoms with E-state index in [4.69, 9.17) is 0 Å². The molecule has 0 aromatic rings. The van der Waals surface area contributed by atoms with Crippen LogP contribution in [-0.2, 0) is 0 Å². The minimum absolute atomic E-state index is 0.264. The molecule has 0 spiro atoms. The highest BCUT2D eigenvalue weighted by molar-refractivity contribution is 5.35. The predicted molar refractivity (Wildman–Crippen MR) is 70.3 cm³/mol. The van der Waals surface area contributed by atoms with Crippen molar-refractivity contribution < 1.29 is 10.2 Å². The lowest BCUT2D eigenvalue weighted by atomic mass is 9.76. The van der Waals surface area contributed by atoms with E-state index in [1.165, 1.54) is 0 Å². The monoisotopic (exact) mass is 234 g/mol. The largest absolute Gasteiger partial charge is 0.378 e. The van der Waals surface area contributed by atoms with E-state index in [-0.39, 0.29) is 5.92 Å². The Morgan fingerprint density at radius 1 is 1.59 bits per heavy atom. The van der Waals surface area contributed by atoms with E-state index in [2.05, 4.69) is 18.4 Å². The Balaban J connectivity index is 3.00. The average molecular weight is 234 g/mol. The van der Waals surface area contributed by atoms with Crippen molar-refractivity contribution in [2.24, 2.45) is 5.92 Å². The van der Waals surface area contributed by atoms with Gasteiger partial charge in [0.05, 0.1) is 0 Å². The molecule has 2 nitrogen and oxygen atoms in total. The van der Waals surface area contributed by atoms with Gasteiger partial charge in [-0.25, -0.2) is 0 Å². The highest BCUT2D eigenvalue weighted by Crippen LogP contribution is 2.35. The maximum absolute atomic E-state index is 10.5. The maximum Gasteiger partial charge on any atom is 0.147 e. The first kappa shape index (κ1) is 14.0. The van der Waals surface area contributed by atoms with Crippen LogP contribution in [0.1, 0.15) is 40.5 Å². The van der Waals surface area contributed by atoms with E-state index in [0.717, 1.165) is 17.6 Å². The summed E-state index contributed by atoms with van der Waals surface area (Å²) in [5.41, 5.74) is -0.266. The number of hydrogen-bond donors (Lipinski definition) is 2. The van der Waals surface area contributed by atoms with Crippen LogP contribution in [0.15, 0.2) is 23.8 Å². The summed E-state index contributed by atoms with van der Waals surface area (Å²) in [6.45, 7) is 11.0. The molecule has 0 fully saturated rings. The van der Waals surface area contributed by atoms with Crippen molar-refractivity contribution in [2.75, 3.05) is 0 Å². The summed E-state index contributed by atoms with van der Waals surface area (Å²) in [5, 5.41) is 20.1. The first-order chi connectivity index (χ1) is 7.64. The fourth-order valence-corrected chi connectivity index (χ4v) is 1.87. The van der Waals surface area contributed by atoms with Gasteiger partial charge in [0.2, 0.25) is 0 Å². The molecule has 0 saturated heterocycles. The fraction of sp³-hybridized carbons (Fsp3) is 0.600. The predicted octanol–water partition coefficient (Wildman–Crippen LogP) is 2.42. The average Bonchev–Trinajstić information content (AvgIpc) is 2.18. The molecule has 2 heteroatoms. The number of aliphatic hydroxyl groups is 2. The standard InChI is InChI=1S/C15H22O2/c1-11(2)13-7-6-12(3)15(17,10-13)9-8-14(4,5)16/h6,13,16-17H,1,7,10H2,2-5H3/t13-,15?/m1/s1. The first-order valence-corrected chi connectivity index (χ1v) is 5.96. The topological polar surface area (TPSA) is 40.5 Å². The van der Waals surface area contributed by atoms with Crippen LogP contribution in [0.4, 0.5) is 0 Å². The molecular weight excluding hydrogens is 212 g/mol. The van der Waals surface area contributed by atoms with Crippen LogP contribution in [0.5, 0.6) is 0 Å². The quantitative estimate of drug-likeness (QED) is 0.540. The second-order valence-electron chi connectivity index (χ2n) is 5.54. The van der Waals surface area contributed by atoms with Crippen LogP contribution >= 0.6 is 0 Å². The minimum Gasteiger partial charge on any atom is -0.378 e. The first-order valence-electron chi connectivity index (χ1n) is 5.96. The number of allylic oxidation sites excluding steroid dienone is 2. The molecule has 1 unspecified atom stereocenters. The second-order valence-corrected chi connectivity index (χ2v) is 5.54. The van der Waals surface area contributed by atoms with Crippen molar-refractivity contribution in [3.8, 4) is 11.8 Å². The van der Waals surface area contributed by atoms with Crippen LogP contribution < -0.4 is 0 Å². The van der Waals surface area contributed by atoms with Gasteiger partial charge in [0, 0.05) is 0 Å². The third-order valence-corrected chi connectivity index (χ3v) is 3.17. The Hall–Kier alpha value is -1.04. The zero-order valence-corrected chi connectivity index (χ0v) is 11.2. The van der Waals surface area contributed by atoms with E-state index >= 15 is 0 Å². The summed E-state index contributed by atoms with van der Waals surface area (Å²) >= 11 is 0. The van der Waals surface area contributed by atoms with Crippen molar-refractivity contribution in [3.63, 3.8) is 0 Å². The molecule has 1 aliphatic rings. The highest BCUT2D eigenvalue weighted by atomic mass is 16.3. The van der Waals surface area contributed by atoms with E-state index in [0.29, 0.717) is 6.42 Å². The van der Waals surface area contributed by atoms with Gasteiger partial charge in [-0.3, -0.25) is 0 Å². The van der Waals surface area contributed by atoms with Gasteiger partial charge in [0.1, 0.15) is 11.2 Å². The maximum atomic E-state index is 10.5. The van der Waals surface area contributed by atoms with Gasteiger partial charge in [0.25, 0.3) is 0 Å². The molecule has 0 aromatic carbocycles. The van der Waals surface area contributed by atoms with Crippen molar-refractivity contribution in [1.82, 2.24) is 0 Å². The molecule has 1 rings (SSSR count). The molecule has 1 aliphatic carbocycles. The molecule has 2 atom stereocenters. The second kappa shape index (κ2) is 4.68. The Labute approximate surface area is 104 Å². The summed E-state index contributed by atoms with van der Waals surface area (Å²) in [4.78, 5) is 0. The van der Waals surface area contributed by atoms with Crippen molar-refractivity contribution in [1.29, 1.82) is 0 Å². The van der Waals surface area contributed by atoms with Crippen LogP contribution in [-0.4, -0.2) is 21.4 Å². The lowest BCUT2D eigenvalue weighted by Gasteiger charge is -2.33. The molecule has 0 heterocycles. The number of hydrogen-bond acceptors (Lipinski definition) is 2. The number of rotatable bonds is 1. The van der Waals surface area contributed by atoms with Crippen LogP contribution in [0.3, 0.4) is 0 Å². The van der Waals surface area contributed by atoms with Crippen molar-refractivity contribution in [2.45, 2.75) is 51.7 Å². The molecule has 0 aromatic heterocycles. The summed E-state index contributed by atoms with van der Waals surface area (Å²) in [6, 6.07) is 0. The Morgan fingerprint density at radius 3 is 2.65 bits per heavy atom. The van der Waals surface area contributed by atoms with E-state index < -0.39 is 11.2 Å². The Kier molecular flexibility index (Phi) is 3.86. The zero-order valence-electron chi connectivity index (χ0n) is 11.2. The normalized spacial score (nSPS) is 29.1. The van der Waals surface area contributed by atoms with Gasteiger partial charge in [-0.05, 0) is 52.0 Å². The lowest BCUT2D eigenvalue weighted by Crippen LogP contribution is -2.35. The van der Waals surface area contributed by atoms with Gasteiger partial charge in [0.15, 0.2) is 0 Å². The van der Waals surface area contributed by atoms with Crippen molar-refractivity contribution in [3.05, 3.63) is 23.8 Å². The highest BCUT2D eigenvalue weighted by Gasteiger charge is 2.34. The van der Waals surface area contributed by atoms with Crippen LogP contribution in [0.2, 0.25) is 0 Å². The van der Waals surface area contributed by atoms with E-state index in [1.54, 1.807) is 13.8 Å². The summed E-state index contributed by atoms with van der Waals surface area (Å²) in [7, 11) is 0. The minimum atomic E-state index is -1.12. The Bertz CT molecular complexity index is 401. The zero-order chi connectivity index (χ0) is 13.3. The van der Waals surface area contributed by atoms with Gasteiger partial charge in [-0.15, -0.1) is 0 Å². The summed E-state index contributed by atoms with van der Waals surface area (Å²) < 4.78 is 0. The van der Waals surface area contributed by atoms with Crippen molar-refractivity contribution >= 4 is 0 Å². The smallest absolute Gasteiger partial charge is 0.147 e. The SMILES string of the molecule is C=C(C)[C@@H]1CC=C(C)C(O)(C#CC(C)(C)O)C1. The fourth-order valence-electron chi connectivity index (χ4n) is 1.87. The molecule has 0 aliphatic heterocycles. The molecule has 0 bridgehead atoms. The molecule has 0 amide bonds. The summed E-state index contributed by atoms with van der Waals surface area (Å²) in [5.74, 6) is 5.79.